The Balaban J connectivity index is 1.72. The third kappa shape index (κ3) is 5.89. The molecule has 1 heterocycles. The highest BCUT2D eigenvalue weighted by Gasteiger charge is 2.31. The summed E-state index contributed by atoms with van der Waals surface area (Å²) < 4.78 is 44.8. The Morgan fingerprint density at radius 2 is 1.69 bits per heavy atom. The SMILES string of the molecule is CCOC(=O)c1c(NC(=O)CN(c2cc(C)cc(C)c2)S(=O)(=O)c2ccc(OC)c(OC)c2)sc2c1CCC2. The van der Waals surface area contributed by atoms with Crippen LogP contribution < -0.4 is 19.1 Å². The second-order valence-corrected chi connectivity index (χ2v) is 12.2. The smallest absolute Gasteiger partial charge is 0.341 e. The second-order valence-electron chi connectivity index (χ2n) is 9.20. The van der Waals surface area contributed by atoms with E-state index in [1.165, 1.54) is 43.8 Å². The van der Waals surface area contributed by atoms with Crippen LogP contribution in [0.3, 0.4) is 0 Å². The Bertz CT molecular complexity index is 1490. The van der Waals surface area contributed by atoms with Crippen LogP contribution in [0.25, 0.3) is 0 Å². The minimum atomic E-state index is -4.22. The fourth-order valence-electron chi connectivity index (χ4n) is 4.72. The van der Waals surface area contributed by atoms with E-state index in [0.29, 0.717) is 22.0 Å². The lowest BCUT2D eigenvalue weighted by Gasteiger charge is -2.25. The summed E-state index contributed by atoms with van der Waals surface area (Å²) >= 11 is 1.34. The van der Waals surface area contributed by atoms with Gasteiger partial charge in [0.2, 0.25) is 5.91 Å². The van der Waals surface area contributed by atoms with Crippen molar-refractivity contribution in [3.63, 3.8) is 0 Å². The summed E-state index contributed by atoms with van der Waals surface area (Å²) in [5, 5.41) is 3.18. The van der Waals surface area contributed by atoms with E-state index in [9.17, 15) is 18.0 Å². The van der Waals surface area contributed by atoms with Crippen LogP contribution in [0, 0.1) is 13.8 Å². The van der Waals surface area contributed by atoms with Crippen molar-refractivity contribution in [3.8, 4) is 11.5 Å². The molecule has 0 aliphatic heterocycles. The molecule has 4 rings (SSSR count). The maximum Gasteiger partial charge on any atom is 0.341 e. The largest absolute Gasteiger partial charge is 0.493 e. The summed E-state index contributed by atoms with van der Waals surface area (Å²) in [6.45, 7) is 5.14. The molecule has 1 aromatic heterocycles. The molecule has 0 unspecified atom stereocenters. The lowest BCUT2D eigenvalue weighted by atomic mass is 10.1. The number of aryl methyl sites for hydroxylation is 3. The van der Waals surface area contributed by atoms with Crippen LogP contribution in [0.1, 0.15) is 45.3 Å². The number of carbonyl (C=O) groups excluding carboxylic acids is 2. The van der Waals surface area contributed by atoms with Gasteiger partial charge in [0.1, 0.15) is 11.5 Å². The van der Waals surface area contributed by atoms with Crippen LogP contribution in [-0.2, 0) is 32.4 Å². The molecule has 3 aromatic rings. The first-order valence-corrected chi connectivity index (χ1v) is 14.8. The number of thiophene rings is 1. The number of hydrogen-bond donors (Lipinski definition) is 1. The molecule has 1 N–H and O–H groups in total. The van der Waals surface area contributed by atoms with Crippen molar-refractivity contribution in [3.05, 3.63) is 63.5 Å². The molecule has 208 valence electrons. The maximum atomic E-state index is 14.0. The molecule has 1 aliphatic rings. The summed E-state index contributed by atoms with van der Waals surface area (Å²) in [6, 6.07) is 9.62. The van der Waals surface area contributed by atoms with Gasteiger partial charge < -0.3 is 19.5 Å². The van der Waals surface area contributed by atoms with Crippen molar-refractivity contribution in [1.82, 2.24) is 0 Å². The predicted molar refractivity (Wildman–Crippen MR) is 151 cm³/mol. The van der Waals surface area contributed by atoms with Crippen LogP contribution in [0.5, 0.6) is 11.5 Å². The Kier molecular flexibility index (Phi) is 8.51. The van der Waals surface area contributed by atoms with Crippen LogP contribution in [0.15, 0.2) is 41.3 Å². The molecule has 2 aromatic carbocycles. The van der Waals surface area contributed by atoms with Crippen LogP contribution in [-0.4, -0.2) is 47.7 Å². The van der Waals surface area contributed by atoms with Gasteiger partial charge >= 0.3 is 5.97 Å². The molecule has 1 aliphatic carbocycles. The summed E-state index contributed by atoms with van der Waals surface area (Å²) in [5.74, 6) is -0.444. The van der Waals surface area contributed by atoms with Gasteiger partial charge in [0.05, 0.1) is 37.0 Å². The molecule has 0 bridgehead atoms. The number of methoxy groups -OCH3 is 2. The maximum absolute atomic E-state index is 14.0. The van der Waals surface area contributed by atoms with Gasteiger partial charge in [-0.25, -0.2) is 13.2 Å². The molecule has 0 saturated heterocycles. The molecular formula is C28H32N2O7S2. The highest BCUT2D eigenvalue weighted by Crippen LogP contribution is 2.40. The third-order valence-electron chi connectivity index (χ3n) is 6.38. The molecule has 9 nitrogen and oxygen atoms in total. The number of sulfonamides is 1. The normalized spacial score (nSPS) is 12.5. The van der Waals surface area contributed by atoms with Gasteiger partial charge in [-0.1, -0.05) is 6.07 Å². The summed E-state index contributed by atoms with van der Waals surface area (Å²) in [5.41, 5.74) is 3.30. The van der Waals surface area contributed by atoms with E-state index in [2.05, 4.69) is 5.32 Å². The number of benzene rings is 2. The highest BCUT2D eigenvalue weighted by atomic mass is 32.2. The van der Waals surface area contributed by atoms with E-state index < -0.39 is 28.4 Å². The van der Waals surface area contributed by atoms with E-state index >= 15 is 0 Å². The van der Waals surface area contributed by atoms with Gasteiger partial charge in [0.15, 0.2) is 11.5 Å². The summed E-state index contributed by atoms with van der Waals surface area (Å²) in [7, 11) is -1.33. The highest BCUT2D eigenvalue weighted by molar-refractivity contribution is 7.92. The number of anilines is 2. The number of nitrogens with zero attached hydrogens (tertiary/aromatic N) is 1. The molecule has 0 fully saturated rings. The van der Waals surface area contributed by atoms with Crippen LogP contribution in [0.4, 0.5) is 10.7 Å². The Morgan fingerprint density at radius 3 is 2.33 bits per heavy atom. The van der Waals surface area contributed by atoms with E-state index in [-0.39, 0.29) is 17.3 Å². The first kappa shape index (κ1) is 28.4. The van der Waals surface area contributed by atoms with E-state index in [0.717, 1.165) is 45.1 Å². The van der Waals surface area contributed by atoms with Crippen LogP contribution in [0.2, 0.25) is 0 Å². The number of amides is 1. The van der Waals surface area contributed by atoms with Gasteiger partial charge in [0, 0.05) is 10.9 Å². The minimum Gasteiger partial charge on any atom is -0.493 e. The van der Waals surface area contributed by atoms with Crippen molar-refractivity contribution in [1.29, 1.82) is 0 Å². The van der Waals surface area contributed by atoms with Crippen molar-refractivity contribution in [2.24, 2.45) is 0 Å². The average molecular weight is 573 g/mol. The minimum absolute atomic E-state index is 0.0607. The number of ether oxygens (including phenoxy) is 3. The lowest BCUT2D eigenvalue weighted by molar-refractivity contribution is -0.114. The van der Waals surface area contributed by atoms with Crippen molar-refractivity contribution in [2.75, 3.05) is 37.0 Å². The standard InChI is InChI=1S/C28H32N2O7S2/c1-6-37-28(32)26-21-8-7-9-24(21)38-27(26)29-25(31)16-30(19-13-17(2)12-18(3)14-19)39(33,34)20-10-11-22(35-4)23(15-20)36-5/h10-15H,6-9,16H2,1-5H3,(H,29,31). The van der Waals surface area contributed by atoms with Gasteiger partial charge in [0.25, 0.3) is 10.0 Å². The number of nitrogens with one attached hydrogen (secondary N) is 1. The number of esters is 1. The van der Waals surface area contributed by atoms with Gasteiger partial charge in [-0.2, -0.15) is 0 Å². The molecule has 0 saturated carbocycles. The van der Waals surface area contributed by atoms with Gasteiger partial charge in [-0.05, 0) is 81.0 Å². The molecule has 0 spiro atoms. The number of carbonyl (C=O) groups is 2. The first-order chi connectivity index (χ1) is 18.6. The lowest BCUT2D eigenvalue weighted by Crippen LogP contribution is -2.38. The average Bonchev–Trinajstić information content (AvgIpc) is 3.47. The number of hydrogen-bond acceptors (Lipinski definition) is 8. The van der Waals surface area contributed by atoms with Crippen LogP contribution >= 0.6 is 11.3 Å². The Morgan fingerprint density at radius 1 is 1.00 bits per heavy atom. The molecule has 1 amide bonds. The zero-order valence-corrected chi connectivity index (χ0v) is 24.3. The van der Waals surface area contributed by atoms with Gasteiger partial charge in [-0.3, -0.25) is 9.10 Å². The summed E-state index contributed by atoms with van der Waals surface area (Å²) in [4.78, 5) is 27.1. The molecule has 39 heavy (non-hydrogen) atoms. The predicted octanol–water partition coefficient (Wildman–Crippen LogP) is 4.88. The summed E-state index contributed by atoms with van der Waals surface area (Å²) in [6.07, 6.45) is 2.49. The number of rotatable bonds is 10. The van der Waals surface area contributed by atoms with Gasteiger partial charge in [-0.15, -0.1) is 11.3 Å². The van der Waals surface area contributed by atoms with E-state index in [1.807, 2.05) is 19.9 Å². The third-order valence-corrected chi connectivity index (χ3v) is 9.36. The topological polar surface area (TPSA) is 111 Å². The van der Waals surface area contributed by atoms with E-state index in [1.54, 1.807) is 19.1 Å². The Hall–Kier alpha value is -3.57. The fourth-order valence-corrected chi connectivity index (χ4v) is 7.44. The quantitative estimate of drug-likeness (QED) is 0.345. The van der Waals surface area contributed by atoms with Crippen molar-refractivity contribution < 1.29 is 32.2 Å². The van der Waals surface area contributed by atoms with E-state index in [4.69, 9.17) is 14.2 Å². The molecular weight excluding hydrogens is 540 g/mol. The molecule has 0 atom stereocenters. The first-order valence-electron chi connectivity index (χ1n) is 12.5. The molecule has 11 heteroatoms. The number of fused-ring (bicyclic) bond motifs is 1. The fraction of sp³-hybridized carbons (Fsp3) is 0.357. The second kappa shape index (κ2) is 11.7. The Labute approximate surface area is 232 Å². The monoisotopic (exact) mass is 572 g/mol. The molecule has 0 radical (unpaired) electrons. The zero-order chi connectivity index (χ0) is 28.3. The zero-order valence-electron chi connectivity index (χ0n) is 22.6. The van der Waals surface area contributed by atoms with Crippen molar-refractivity contribution in [2.45, 2.75) is 44.9 Å². The van der Waals surface area contributed by atoms with Crippen molar-refractivity contribution >= 4 is 43.9 Å².